The van der Waals surface area contributed by atoms with Crippen molar-refractivity contribution in [2.75, 3.05) is 44.5 Å². The largest absolute Gasteiger partial charge is 0.497 e. The van der Waals surface area contributed by atoms with E-state index in [1.165, 1.54) is 0 Å². The Morgan fingerprint density at radius 3 is 2.57 bits per heavy atom. The van der Waals surface area contributed by atoms with Gasteiger partial charge in [0.15, 0.2) is 0 Å². The lowest BCUT2D eigenvalue weighted by Crippen LogP contribution is -2.31. The van der Waals surface area contributed by atoms with Crippen LogP contribution in [0.2, 0.25) is 0 Å². The van der Waals surface area contributed by atoms with Crippen molar-refractivity contribution < 1.29 is 14.3 Å². The number of rotatable bonds is 8. The fourth-order valence-electron chi connectivity index (χ4n) is 3.57. The number of anilines is 2. The Morgan fingerprint density at radius 2 is 1.89 bits per heavy atom. The summed E-state index contributed by atoms with van der Waals surface area (Å²) in [6, 6.07) is 13.6. The molecule has 0 bridgehead atoms. The predicted octanol–water partition coefficient (Wildman–Crippen LogP) is 2.86. The first-order valence-corrected chi connectivity index (χ1v) is 9.67. The molecule has 0 radical (unpaired) electrons. The van der Waals surface area contributed by atoms with E-state index in [9.17, 15) is 4.79 Å². The van der Waals surface area contributed by atoms with Crippen LogP contribution in [-0.2, 0) is 11.2 Å². The monoisotopic (exact) mass is 383 g/mol. The smallest absolute Gasteiger partial charge is 0.220 e. The lowest BCUT2D eigenvalue weighted by molar-refractivity contribution is -0.121. The van der Waals surface area contributed by atoms with Gasteiger partial charge in [0.25, 0.3) is 0 Å². The van der Waals surface area contributed by atoms with Crippen LogP contribution in [0.5, 0.6) is 11.5 Å². The van der Waals surface area contributed by atoms with Crippen LogP contribution in [-0.4, -0.2) is 39.8 Å². The molecule has 150 valence electrons. The van der Waals surface area contributed by atoms with Gasteiger partial charge in [0, 0.05) is 55.6 Å². The van der Waals surface area contributed by atoms with Gasteiger partial charge in [-0.2, -0.15) is 0 Å². The summed E-state index contributed by atoms with van der Waals surface area (Å²) in [6.07, 6.45) is 2.17. The standard InChI is InChI=1S/C22H29N3O3/c1-27-19-11-18(12-20(13-19)28-2)25-10-9-16(15-25)14-24-22(26)8-7-17-5-3-4-6-21(17)23/h3-6,11-13,16H,7-10,14-15,23H2,1-2H3,(H,24,26). The summed E-state index contributed by atoms with van der Waals surface area (Å²) in [7, 11) is 3.31. The van der Waals surface area contributed by atoms with Gasteiger partial charge in [-0.25, -0.2) is 0 Å². The first kappa shape index (κ1) is 19.9. The molecule has 1 unspecified atom stereocenters. The Balaban J connectivity index is 1.47. The second-order valence-electron chi connectivity index (χ2n) is 7.17. The maximum absolute atomic E-state index is 12.2. The van der Waals surface area contributed by atoms with Gasteiger partial charge in [-0.3, -0.25) is 4.79 Å². The number of para-hydroxylation sites is 1. The zero-order valence-corrected chi connectivity index (χ0v) is 16.6. The second-order valence-corrected chi connectivity index (χ2v) is 7.17. The van der Waals surface area contributed by atoms with E-state index in [1.54, 1.807) is 14.2 Å². The van der Waals surface area contributed by atoms with Crippen molar-refractivity contribution in [2.45, 2.75) is 19.3 Å². The Morgan fingerprint density at radius 1 is 1.18 bits per heavy atom. The van der Waals surface area contributed by atoms with Crippen molar-refractivity contribution in [3.63, 3.8) is 0 Å². The van der Waals surface area contributed by atoms with Gasteiger partial charge in [-0.05, 0) is 30.4 Å². The second kappa shape index (κ2) is 9.35. The van der Waals surface area contributed by atoms with Crippen LogP contribution in [0.1, 0.15) is 18.4 Å². The maximum atomic E-state index is 12.2. The highest BCUT2D eigenvalue weighted by Crippen LogP contribution is 2.31. The molecule has 28 heavy (non-hydrogen) atoms. The number of nitrogens with one attached hydrogen (secondary N) is 1. The third kappa shape index (κ3) is 5.09. The average Bonchev–Trinajstić information content (AvgIpc) is 3.20. The SMILES string of the molecule is COc1cc(OC)cc(N2CCC(CNC(=O)CCc3ccccc3N)C2)c1. The van der Waals surface area contributed by atoms with Crippen molar-refractivity contribution in [3.05, 3.63) is 48.0 Å². The molecule has 6 heteroatoms. The van der Waals surface area contributed by atoms with E-state index < -0.39 is 0 Å². The molecule has 3 rings (SSSR count). The van der Waals surface area contributed by atoms with Crippen LogP contribution in [0.15, 0.2) is 42.5 Å². The summed E-state index contributed by atoms with van der Waals surface area (Å²) >= 11 is 0. The summed E-state index contributed by atoms with van der Waals surface area (Å²) in [6.45, 7) is 2.56. The molecule has 2 aromatic carbocycles. The van der Waals surface area contributed by atoms with Gasteiger partial charge >= 0.3 is 0 Å². The Hall–Kier alpha value is -2.89. The molecule has 2 aromatic rings. The molecule has 1 atom stereocenters. The number of aryl methyl sites for hydroxylation is 1. The molecule has 1 heterocycles. The van der Waals surface area contributed by atoms with E-state index >= 15 is 0 Å². The van der Waals surface area contributed by atoms with Crippen molar-refractivity contribution in [3.8, 4) is 11.5 Å². The number of nitrogen functional groups attached to an aromatic ring is 1. The number of amides is 1. The molecule has 1 amide bonds. The van der Waals surface area contributed by atoms with Crippen LogP contribution in [0.25, 0.3) is 0 Å². The first-order valence-electron chi connectivity index (χ1n) is 9.67. The summed E-state index contributed by atoms with van der Waals surface area (Å²) in [4.78, 5) is 14.5. The first-order chi connectivity index (χ1) is 13.6. The third-order valence-electron chi connectivity index (χ3n) is 5.25. The average molecular weight is 383 g/mol. The van der Waals surface area contributed by atoms with E-state index in [0.717, 1.165) is 47.9 Å². The highest BCUT2D eigenvalue weighted by atomic mass is 16.5. The molecular formula is C22H29N3O3. The lowest BCUT2D eigenvalue weighted by Gasteiger charge is -2.20. The molecule has 0 spiro atoms. The number of hydrogen-bond donors (Lipinski definition) is 2. The summed E-state index contributed by atoms with van der Waals surface area (Å²) < 4.78 is 10.7. The summed E-state index contributed by atoms with van der Waals surface area (Å²) in [5, 5.41) is 3.08. The van der Waals surface area contributed by atoms with E-state index in [0.29, 0.717) is 25.3 Å². The van der Waals surface area contributed by atoms with Gasteiger partial charge < -0.3 is 25.4 Å². The number of ether oxygens (including phenoxy) is 2. The fourth-order valence-corrected chi connectivity index (χ4v) is 3.57. The molecule has 1 aliphatic rings. The Bertz CT molecular complexity index is 787. The number of hydrogen-bond acceptors (Lipinski definition) is 5. The number of methoxy groups -OCH3 is 2. The fraction of sp³-hybridized carbons (Fsp3) is 0.409. The lowest BCUT2D eigenvalue weighted by atomic mass is 10.1. The number of nitrogens with zero attached hydrogens (tertiary/aromatic N) is 1. The van der Waals surface area contributed by atoms with Crippen LogP contribution < -0.4 is 25.4 Å². The number of carbonyl (C=O) groups is 1. The molecule has 1 saturated heterocycles. The number of carbonyl (C=O) groups excluding carboxylic acids is 1. The molecule has 0 aromatic heterocycles. The van der Waals surface area contributed by atoms with Crippen molar-refractivity contribution >= 4 is 17.3 Å². The highest BCUT2D eigenvalue weighted by molar-refractivity contribution is 5.76. The predicted molar refractivity (Wildman–Crippen MR) is 112 cm³/mol. The van der Waals surface area contributed by atoms with Gasteiger partial charge in [-0.1, -0.05) is 18.2 Å². The van der Waals surface area contributed by atoms with Crippen LogP contribution in [0, 0.1) is 5.92 Å². The van der Waals surface area contributed by atoms with E-state index in [-0.39, 0.29) is 5.91 Å². The molecule has 3 N–H and O–H groups in total. The zero-order chi connectivity index (χ0) is 19.9. The third-order valence-corrected chi connectivity index (χ3v) is 5.25. The van der Waals surface area contributed by atoms with Crippen LogP contribution >= 0.6 is 0 Å². The zero-order valence-electron chi connectivity index (χ0n) is 16.6. The maximum Gasteiger partial charge on any atom is 0.220 e. The molecule has 6 nitrogen and oxygen atoms in total. The summed E-state index contributed by atoms with van der Waals surface area (Å²) in [5.74, 6) is 2.07. The molecule has 0 aliphatic carbocycles. The van der Waals surface area contributed by atoms with Gasteiger partial charge in [0.2, 0.25) is 5.91 Å². The molecule has 1 aliphatic heterocycles. The van der Waals surface area contributed by atoms with Gasteiger partial charge in [-0.15, -0.1) is 0 Å². The van der Waals surface area contributed by atoms with E-state index in [2.05, 4.69) is 10.2 Å². The Labute approximate surface area is 166 Å². The molecule has 0 saturated carbocycles. The minimum absolute atomic E-state index is 0.0738. The highest BCUT2D eigenvalue weighted by Gasteiger charge is 2.24. The Kier molecular flexibility index (Phi) is 6.63. The van der Waals surface area contributed by atoms with Crippen molar-refractivity contribution in [2.24, 2.45) is 5.92 Å². The van der Waals surface area contributed by atoms with E-state index in [1.807, 2.05) is 42.5 Å². The normalized spacial score (nSPS) is 16.1. The molecular weight excluding hydrogens is 354 g/mol. The van der Waals surface area contributed by atoms with Gasteiger partial charge in [0.1, 0.15) is 11.5 Å². The van der Waals surface area contributed by atoms with Crippen LogP contribution in [0.4, 0.5) is 11.4 Å². The quantitative estimate of drug-likeness (QED) is 0.686. The van der Waals surface area contributed by atoms with Crippen molar-refractivity contribution in [1.29, 1.82) is 0 Å². The topological polar surface area (TPSA) is 76.8 Å². The minimum Gasteiger partial charge on any atom is -0.497 e. The van der Waals surface area contributed by atoms with E-state index in [4.69, 9.17) is 15.2 Å². The minimum atomic E-state index is 0.0738. The van der Waals surface area contributed by atoms with Gasteiger partial charge in [0.05, 0.1) is 14.2 Å². The molecule has 1 fully saturated rings. The van der Waals surface area contributed by atoms with Crippen LogP contribution in [0.3, 0.4) is 0 Å². The summed E-state index contributed by atoms with van der Waals surface area (Å²) in [5.41, 5.74) is 8.80. The number of benzene rings is 2. The number of nitrogens with two attached hydrogens (primary N) is 1. The van der Waals surface area contributed by atoms with Crippen molar-refractivity contribution in [1.82, 2.24) is 5.32 Å².